The second kappa shape index (κ2) is 11.6. The van der Waals surface area contributed by atoms with Gasteiger partial charge in [-0.15, -0.1) is 12.4 Å². The molecule has 3 aromatic rings. The first-order valence-electron chi connectivity index (χ1n) is 9.19. The van der Waals surface area contributed by atoms with Crippen LogP contribution in [0.2, 0.25) is 5.02 Å². The lowest BCUT2D eigenvalue weighted by atomic mass is 10.2. The molecule has 0 saturated heterocycles. The lowest BCUT2D eigenvalue weighted by molar-refractivity contribution is -0.118. The van der Waals surface area contributed by atoms with Gasteiger partial charge in [0.1, 0.15) is 18.4 Å². The van der Waals surface area contributed by atoms with Crippen molar-refractivity contribution in [1.29, 1.82) is 0 Å². The van der Waals surface area contributed by atoms with Gasteiger partial charge in [-0.3, -0.25) is 9.78 Å². The maximum Gasteiger partial charge on any atom is 0.335 e. The molecule has 3 N–H and O–H groups in total. The van der Waals surface area contributed by atoms with Gasteiger partial charge in [0.15, 0.2) is 0 Å². The van der Waals surface area contributed by atoms with E-state index in [2.05, 4.69) is 15.0 Å². The van der Waals surface area contributed by atoms with Crippen LogP contribution in [0.4, 0.5) is 5.69 Å². The molecule has 0 bridgehead atoms. The fraction of sp³-hybridized carbons (Fsp3) is 0.0952. The smallest absolute Gasteiger partial charge is 0.335 e. The number of carboxylic acid groups (broad SMARTS) is 1. The number of hydrogen-bond donors (Lipinski definition) is 3. The molecule has 0 spiro atoms. The van der Waals surface area contributed by atoms with E-state index >= 15 is 0 Å². The van der Waals surface area contributed by atoms with Gasteiger partial charge in [0.2, 0.25) is 15.9 Å². The highest BCUT2D eigenvalue weighted by Crippen LogP contribution is 2.16. The summed E-state index contributed by atoms with van der Waals surface area (Å²) in [6.45, 7) is -0.322. The molecule has 3 rings (SSSR count). The van der Waals surface area contributed by atoms with Gasteiger partial charge in [-0.2, -0.15) is 4.72 Å². The minimum atomic E-state index is -4.08. The van der Waals surface area contributed by atoms with Crippen LogP contribution in [0.3, 0.4) is 0 Å². The summed E-state index contributed by atoms with van der Waals surface area (Å²) in [7, 11) is -4.08. The Bertz CT molecular complexity index is 1190. The van der Waals surface area contributed by atoms with Crippen LogP contribution >= 0.6 is 24.0 Å². The van der Waals surface area contributed by atoms with Crippen molar-refractivity contribution in [3.8, 4) is 5.75 Å². The normalized spacial score (nSPS) is 11.7. The summed E-state index contributed by atoms with van der Waals surface area (Å²) in [5, 5.41) is 11.9. The molecule has 0 saturated carbocycles. The second-order valence-electron chi connectivity index (χ2n) is 6.50. The molecule has 1 heterocycles. The largest absolute Gasteiger partial charge is 0.490 e. The number of rotatable bonds is 9. The Hall–Kier alpha value is -3.18. The molecule has 2 aromatic carbocycles. The van der Waals surface area contributed by atoms with Crippen molar-refractivity contribution in [2.75, 3.05) is 11.9 Å². The molecule has 9 nitrogen and oxygen atoms in total. The first-order valence-corrected chi connectivity index (χ1v) is 11.1. The molecule has 12 heteroatoms. The summed E-state index contributed by atoms with van der Waals surface area (Å²) >= 11 is 5.81. The highest BCUT2D eigenvalue weighted by molar-refractivity contribution is 7.89. The van der Waals surface area contributed by atoms with Gasteiger partial charge in [-0.25, -0.2) is 13.2 Å². The summed E-state index contributed by atoms with van der Waals surface area (Å²) in [4.78, 5) is 27.7. The van der Waals surface area contributed by atoms with Crippen LogP contribution in [-0.2, 0) is 14.8 Å². The Balaban J connectivity index is 0.00000385. The molecule has 0 radical (unpaired) electrons. The Morgan fingerprint density at radius 2 is 1.73 bits per heavy atom. The summed E-state index contributed by atoms with van der Waals surface area (Å²) in [6, 6.07) is 12.8. The number of benzene rings is 2. The average molecular weight is 512 g/mol. The van der Waals surface area contributed by atoms with E-state index in [1.165, 1.54) is 54.7 Å². The average Bonchev–Trinajstić information content (AvgIpc) is 2.78. The molecule has 174 valence electrons. The van der Waals surface area contributed by atoms with Crippen LogP contribution in [0.15, 0.2) is 78.0 Å². The number of hydrogen-bond acceptors (Lipinski definition) is 6. The van der Waals surface area contributed by atoms with Crippen LogP contribution in [0, 0.1) is 0 Å². The van der Waals surface area contributed by atoms with Crippen LogP contribution in [0.25, 0.3) is 0 Å². The number of aromatic nitrogens is 1. The van der Waals surface area contributed by atoms with Crippen molar-refractivity contribution in [3.05, 3.63) is 83.6 Å². The predicted molar refractivity (Wildman–Crippen MR) is 125 cm³/mol. The van der Waals surface area contributed by atoms with E-state index in [1.54, 1.807) is 18.3 Å². The number of sulfonamides is 1. The van der Waals surface area contributed by atoms with Crippen LogP contribution in [-0.4, -0.2) is 43.0 Å². The molecular formula is C21H19Cl2N3O6S. The zero-order valence-corrected chi connectivity index (χ0v) is 19.2. The zero-order valence-electron chi connectivity index (χ0n) is 16.8. The highest BCUT2D eigenvalue weighted by atomic mass is 35.5. The monoisotopic (exact) mass is 511 g/mol. The lowest BCUT2D eigenvalue weighted by Crippen LogP contribution is -2.47. The van der Waals surface area contributed by atoms with E-state index in [1.807, 2.05) is 0 Å². The maximum atomic E-state index is 12.8. The minimum Gasteiger partial charge on any atom is -0.490 e. The van der Waals surface area contributed by atoms with Crippen molar-refractivity contribution >= 4 is 51.6 Å². The van der Waals surface area contributed by atoms with Crippen molar-refractivity contribution in [2.45, 2.75) is 10.9 Å². The Morgan fingerprint density at radius 3 is 2.30 bits per heavy atom. The summed E-state index contributed by atoms with van der Waals surface area (Å²) in [5.74, 6) is -1.46. The molecule has 1 amide bonds. The fourth-order valence-electron chi connectivity index (χ4n) is 2.57. The molecule has 33 heavy (non-hydrogen) atoms. The molecule has 0 aliphatic carbocycles. The van der Waals surface area contributed by atoms with Crippen molar-refractivity contribution in [1.82, 2.24) is 9.71 Å². The molecular weight excluding hydrogens is 493 g/mol. The van der Waals surface area contributed by atoms with Crippen LogP contribution in [0.1, 0.15) is 10.4 Å². The Morgan fingerprint density at radius 1 is 1.06 bits per heavy atom. The number of anilines is 1. The number of amides is 1. The van der Waals surface area contributed by atoms with E-state index in [0.29, 0.717) is 10.8 Å². The van der Waals surface area contributed by atoms with Gasteiger partial charge in [-0.1, -0.05) is 11.6 Å². The molecule has 0 aliphatic heterocycles. The van der Waals surface area contributed by atoms with Gasteiger partial charge in [0, 0.05) is 16.9 Å². The SMILES string of the molecule is Cl.O=C(O)c1ccc(NC(=O)C(COc2cccnc2)NS(=O)(=O)c2ccc(Cl)cc2)cc1. The number of aromatic carboxylic acids is 1. The number of ether oxygens (including phenoxy) is 1. The number of halogens is 2. The van der Waals surface area contributed by atoms with Gasteiger partial charge in [0.25, 0.3) is 0 Å². The van der Waals surface area contributed by atoms with Crippen molar-refractivity contribution in [3.63, 3.8) is 0 Å². The maximum absolute atomic E-state index is 12.8. The van der Waals surface area contributed by atoms with Gasteiger partial charge < -0.3 is 15.2 Å². The van der Waals surface area contributed by atoms with Gasteiger partial charge in [-0.05, 0) is 60.7 Å². The van der Waals surface area contributed by atoms with Gasteiger partial charge in [0.05, 0.1) is 16.7 Å². The van der Waals surface area contributed by atoms with E-state index < -0.39 is 27.9 Å². The third kappa shape index (κ3) is 7.43. The first-order chi connectivity index (χ1) is 15.2. The Kier molecular flexibility index (Phi) is 9.18. The van der Waals surface area contributed by atoms with Crippen LogP contribution in [0.5, 0.6) is 5.75 Å². The van der Waals surface area contributed by atoms with E-state index in [9.17, 15) is 18.0 Å². The number of nitrogens with one attached hydrogen (secondary N) is 2. The summed E-state index contributed by atoms with van der Waals surface area (Å²) in [5.41, 5.74) is 0.333. The first kappa shape index (κ1) is 26.1. The summed E-state index contributed by atoms with van der Waals surface area (Å²) < 4.78 is 33.4. The van der Waals surface area contributed by atoms with E-state index in [-0.39, 0.29) is 35.2 Å². The minimum absolute atomic E-state index is 0. The van der Waals surface area contributed by atoms with Crippen LogP contribution < -0.4 is 14.8 Å². The number of carbonyl (C=O) groups excluding carboxylic acids is 1. The highest BCUT2D eigenvalue weighted by Gasteiger charge is 2.27. The molecule has 1 aromatic heterocycles. The molecule has 0 aliphatic rings. The van der Waals surface area contributed by atoms with E-state index in [4.69, 9.17) is 21.4 Å². The second-order valence-corrected chi connectivity index (χ2v) is 8.65. The van der Waals surface area contributed by atoms with E-state index in [0.717, 1.165) is 0 Å². The number of nitrogens with zero attached hydrogens (tertiary/aromatic N) is 1. The zero-order chi connectivity index (χ0) is 23.1. The molecule has 1 atom stereocenters. The lowest BCUT2D eigenvalue weighted by Gasteiger charge is -2.19. The van der Waals surface area contributed by atoms with Crippen molar-refractivity contribution < 1.29 is 27.9 Å². The van der Waals surface area contributed by atoms with Gasteiger partial charge >= 0.3 is 5.97 Å². The topological polar surface area (TPSA) is 135 Å². The Labute approximate surface area is 201 Å². The third-order valence-corrected chi connectivity index (χ3v) is 5.93. The molecule has 1 unspecified atom stereocenters. The van der Waals surface area contributed by atoms with Crippen molar-refractivity contribution in [2.24, 2.45) is 0 Å². The predicted octanol–water partition coefficient (Wildman–Crippen LogP) is 3.22. The third-order valence-electron chi connectivity index (χ3n) is 4.19. The summed E-state index contributed by atoms with van der Waals surface area (Å²) in [6.07, 6.45) is 2.97. The molecule has 0 fully saturated rings. The standard InChI is InChI=1S/C21H18ClN3O6S.ClH/c22-15-5-9-18(10-6-15)32(29,30)25-19(13-31-17-2-1-11-23-12-17)20(26)24-16-7-3-14(4-8-16)21(27)28;/h1-12,19,25H,13H2,(H,24,26)(H,27,28);1H. The quantitative estimate of drug-likeness (QED) is 0.401. The number of carboxylic acids is 1. The number of carbonyl (C=O) groups is 2. The fourth-order valence-corrected chi connectivity index (χ4v) is 3.88. The number of pyridine rings is 1.